The van der Waals surface area contributed by atoms with E-state index in [0.29, 0.717) is 0 Å². The van der Waals surface area contributed by atoms with Gasteiger partial charge in [-0.05, 0) is 87.0 Å². The number of hydrogen-bond acceptors (Lipinski definition) is 5. The number of nitrogens with zero attached hydrogens (tertiary/aromatic N) is 3. The standard InChI is InChI=1S/C10H21N.C8H18N2.C7H16N2/c1-10(2)11-8-6-4-3-5-7-9-11;1-8(2)10-6-3-4-9-5-7-10;1-7(2)9-5-3-8-4-6-9/h10H,3-9H2,1-2H3;8-9H,3-7H2,1-2H3;7-8H,3-6H2,1-2H3. The zero-order valence-corrected chi connectivity index (χ0v) is 21.4. The van der Waals surface area contributed by atoms with Gasteiger partial charge in [-0.1, -0.05) is 19.3 Å². The Bertz CT molecular complexity index is 364. The quantitative estimate of drug-likeness (QED) is 0.721. The maximum atomic E-state index is 3.39. The first-order valence-corrected chi connectivity index (χ1v) is 13.1. The smallest absolute Gasteiger partial charge is 0.0110 e. The van der Waals surface area contributed by atoms with E-state index in [2.05, 4.69) is 66.9 Å². The summed E-state index contributed by atoms with van der Waals surface area (Å²) in [5.74, 6) is 0. The van der Waals surface area contributed by atoms with Gasteiger partial charge in [0.1, 0.15) is 0 Å². The van der Waals surface area contributed by atoms with Gasteiger partial charge in [0.2, 0.25) is 0 Å². The van der Waals surface area contributed by atoms with E-state index < -0.39 is 0 Å². The number of rotatable bonds is 3. The van der Waals surface area contributed by atoms with Crippen LogP contribution in [0.3, 0.4) is 0 Å². The lowest BCUT2D eigenvalue weighted by molar-refractivity contribution is 0.196. The second-order valence-corrected chi connectivity index (χ2v) is 10.0. The van der Waals surface area contributed by atoms with Crippen LogP contribution in [0, 0.1) is 0 Å². The molecule has 5 heteroatoms. The molecule has 0 atom stereocenters. The van der Waals surface area contributed by atoms with Crippen LogP contribution in [0.2, 0.25) is 0 Å². The van der Waals surface area contributed by atoms with E-state index in [-0.39, 0.29) is 0 Å². The van der Waals surface area contributed by atoms with Gasteiger partial charge in [0, 0.05) is 57.4 Å². The molecule has 3 fully saturated rings. The lowest BCUT2D eigenvalue weighted by atomic mass is 10.1. The van der Waals surface area contributed by atoms with Crippen molar-refractivity contribution in [2.75, 3.05) is 65.4 Å². The van der Waals surface area contributed by atoms with Crippen LogP contribution in [-0.2, 0) is 0 Å². The molecule has 3 saturated heterocycles. The SMILES string of the molecule is CC(C)N1CCCCCCC1.CC(C)N1CCCNCC1.CC(C)N1CCNCC1. The molecule has 3 aliphatic heterocycles. The van der Waals surface area contributed by atoms with Crippen LogP contribution in [0.5, 0.6) is 0 Å². The lowest BCUT2D eigenvalue weighted by Gasteiger charge is -2.30. The van der Waals surface area contributed by atoms with Gasteiger partial charge in [-0.2, -0.15) is 0 Å². The van der Waals surface area contributed by atoms with Gasteiger partial charge in [-0.25, -0.2) is 0 Å². The van der Waals surface area contributed by atoms with Gasteiger partial charge >= 0.3 is 0 Å². The van der Waals surface area contributed by atoms with Crippen molar-refractivity contribution in [2.45, 2.75) is 98.2 Å². The molecule has 0 aromatic heterocycles. The third-order valence-electron chi connectivity index (χ3n) is 6.61. The summed E-state index contributed by atoms with van der Waals surface area (Å²) in [5.41, 5.74) is 0. The Labute approximate surface area is 189 Å². The highest BCUT2D eigenvalue weighted by Crippen LogP contribution is 2.12. The van der Waals surface area contributed by atoms with Crippen molar-refractivity contribution in [3.8, 4) is 0 Å². The Morgan fingerprint density at radius 3 is 1.20 bits per heavy atom. The van der Waals surface area contributed by atoms with E-state index in [9.17, 15) is 0 Å². The van der Waals surface area contributed by atoms with Crippen LogP contribution in [0.25, 0.3) is 0 Å². The van der Waals surface area contributed by atoms with E-state index in [1.165, 1.54) is 84.3 Å². The van der Waals surface area contributed by atoms with Crippen LogP contribution < -0.4 is 10.6 Å². The molecule has 30 heavy (non-hydrogen) atoms. The van der Waals surface area contributed by atoms with Crippen LogP contribution in [0.1, 0.15) is 80.1 Å². The molecule has 0 saturated carbocycles. The first-order chi connectivity index (χ1) is 14.4. The third-order valence-corrected chi connectivity index (χ3v) is 6.61. The second-order valence-electron chi connectivity index (χ2n) is 10.0. The highest BCUT2D eigenvalue weighted by atomic mass is 15.2. The molecule has 0 amide bonds. The van der Waals surface area contributed by atoms with Crippen molar-refractivity contribution in [1.29, 1.82) is 0 Å². The summed E-state index contributed by atoms with van der Waals surface area (Å²) >= 11 is 0. The van der Waals surface area contributed by atoms with E-state index >= 15 is 0 Å². The van der Waals surface area contributed by atoms with Crippen LogP contribution in [0.15, 0.2) is 0 Å². The minimum Gasteiger partial charge on any atom is -0.315 e. The summed E-state index contributed by atoms with van der Waals surface area (Å²) in [6.07, 6.45) is 8.49. The molecular weight excluding hydrogens is 370 g/mol. The van der Waals surface area contributed by atoms with Gasteiger partial charge in [0.15, 0.2) is 0 Å². The fourth-order valence-electron chi connectivity index (χ4n) is 4.37. The minimum absolute atomic E-state index is 0.722. The maximum absolute atomic E-state index is 3.39. The Morgan fingerprint density at radius 2 is 0.733 bits per heavy atom. The third kappa shape index (κ3) is 13.3. The zero-order chi connectivity index (χ0) is 22.2. The molecule has 0 spiro atoms. The molecule has 0 aliphatic carbocycles. The zero-order valence-electron chi connectivity index (χ0n) is 21.4. The molecule has 0 radical (unpaired) electrons. The fraction of sp³-hybridized carbons (Fsp3) is 1.00. The van der Waals surface area contributed by atoms with Gasteiger partial charge in [-0.15, -0.1) is 0 Å². The van der Waals surface area contributed by atoms with Gasteiger partial charge in [0.05, 0.1) is 0 Å². The molecule has 3 heterocycles. The first-order valence-electron chi connectivity index (χ1n) is 13.1. The second kappa shape index (κ2) is 17.4. The molecule has 0 aromatic rings. The van der Waals surface area contributed by atoms with Crippen LogP contribution >= 0.6 is 0 Å². The van der Waals surface area contributed by atoms with E-state index in [1.807, 2.05) is 0 Å². The van der Waals surface area contributed by atoms with E-state index in [1.54, 1.807) is 0 Å². The van der Waals surface area contributed by atoms with Crippen molar-refractivity contribution in [3.63, 3.8) is 0 Å². The van der Waals surface area contributed by atoms with Gasteiger partial charge < -0.3 is 15.5 Å². The average molecular weight is 426 g/mol. The topological polar surface area (TPSA) is 33.8 Å². The molecule has 180 valence electrons. The number of piperazine rings is 1. The van der Waals surface area contributed by atoms with Crippen LogP contribution in [-0.4, -0.2) is 98.3 Å². The van der Waals surface area contributed by atoms with Crippen molar-refractivity contribution in [2.24, 2.45) is 0 Å². The lowest BCUT2D eigenvalue weighted by Crippen LogP contribution is -2.46. The summed E-state index contributed by atoms with van der Waals surface area (Å²) in [6.45, 7) is 25.9. The molecule has 0 aromatic carbocycles. The fourth-order valence-corrected chi connectivity index (χ4v) is 4.37. The number of hydrogen-bond donors (Lipinski definition) is 2. The number of nitrogens with one attached hydrogen (secondary N) is 2. The monoisotopic (exact) mass is 425 g/mol. The predicted octanol–water partition coefficient (Wildman–Crippen LogP) is 3.65. The predicted molar refractivity (Wildman–Crippen MR) is 134 cm³/mol. The van der Waals surface area contributed by atoms with Crippen molar-refractivity contribution in [1.82, 2.24) is 25.3 Å². The largest absolute Gasteiger partial charge is 0.315 e. The molecule has 0 unspecified atom stereocenters. The minimum atomic E-state index is 0.722. The number of likely N-dealkylation sites (tertiary alicyclic amines) is 1. The maximum Gasteiger partial charge on any atom is 0.0110 e. The summed E-state index contributed by atoms with van der Waals surface area (Å²) in [6, 6.07) is 2.21. The van der Waals surface area contributed by atoms with Gasteiger partial charge in [-0.3, -0.25) is 9.80 Å². The van der Waals surface area contributed by atoms with E-state index in [4.69, 9.17) is 0 Å². The Balaban J connectivity index is 0.000000226. The molecule has 2 N–H and O–H groups in total. The molecular formula is C25H55N5. The summed E-state index contributed by atoms with van der Waals surface area (Å²) in [7, 11) is 0. The highest BCUT2D eigenvalue weighted by molar-refractivity contribution is 4.70. The molecule has 0 bridgehead atoms. The summed E-state index contributed by atoms with van der Waals surface area (Å²) < 4.78 is 0. The summed E-state index contributed by atoms with van der Waals surface area (Å²) in [5, 5.41) is 6.72. The molecule has 3 aliphatic rings. The summed E-state index contributed by atoms with van der Waals surface area (Å²) in [4.78, 5) is 7.63. The van der Waals surface area contributed by atoms with Crippen molar-refractivity contribution >= 4 is 0 Å². The average Bonchev–Trinajstić information content (AvgIpc) is 2.99. The molecule has 3 rings (SSSR count). The Kier molecular flexibility index (Phi) is 16.1. The van der Waals surface area contributed by atoms with Crippen LogP contribution in [0.4, 0.5) is 0 Å². The normalized spacial score (nSPS) is 23.1. The van der Waals surface area contributed by atoms with E-state index in [0.717, 1.165) is 37.8 Å². The van der Waals surface area contributed by atoms with Gasteiger partial charge in [0.25, 0.3) is 0 Å². The highest BCUT2D eigenvalue weighted by Gasteiger charge is 2.12. The molecule has 5 nitrogen and oxygen atoms in total. The first kappa shape index (κ1) is 27.8. The Morgan fingerprint density at radius 1 is 0.400 bits per heavy atom. The van der Waals surface area contributed by atoms with Crippen molar-refractivity contribution in [3.05, 3.63) is 0 Å². The Hall–Kier alpha value is -0.200. The van der Waals surface area contributed by atoms with Crippen molar-refractivity contribution < 1.29 is 0 Å².